The summed E-state index contributed by atoms with van der Waals surface area (Å²) in [7, 11) is 0. The summed E-state index contributed by atoms with van der Waals surface area (Å²) in [6.07, 6.45) is 0. The van der Waals surface area contributed by atoms with Gasteiger partial charge in [-0.1, -0.05) is 163 Å². The highest BCUT2D eigenvalue weighted by Gasteiger charge is 2.20. The average Bonchev–Trinajstić information content (AvgIpc) is 3.72. The van der Waals surface area contributed by atoms with Crippen molar-refractivity contribution in [2.24, 2.45) is 0 Å². The van der Waals surface area contributed by atoms with Crippen molar-refractivity contribution in [1.29, 1.82) is 0 Å². The molecule has 1 aromatic heterocycles. The number of benzene rings is 9. The van der Waals surface area contributed by atoms with E-state index in [-0.39, 0.29) is 67.7 Å². The van der Waals surface area contributed by atoms with E-state index in [2.05, 4.69) is 0 Å². The van der Waals surface area contributed by atoms with Crippen LogP contribution in [0.2, 0.25) is 0 Å². The van der Waals surface area contributed by atoms with Crippen molar-refractivity contribution in [3.8, 4) is 44.5 Å². The van der Waals surface area contributed by atoms with Gasteiger partial charge in [-0.3, -0.25) is 0 Å². The molecule has 0 unspecified atom stereocenters. The Morgan fingerprint density at radius 1 is 0.367 bits per heavy atom. The van der Waals surface area contributed by atoms with E-state index in [0.29, 0.717) is 32.7 Å². The SMILES string of the molecule is [2H]c1c([2H])c(-c2c([2H])c([2H])c([2H])c3c([2H])c([2H])c([2H])c([2H])c23)c([2H])c([2H])c1-c1c2ccccc2c(-c2c([2H])c([2H])c([2H])c3oc4c([2H])c([2H])c(-c5ccccc5)c([2H])c4c23)c2ccccc12. The van der Waals surface area contributed by atoms with Gasteiger partial charge in [0.25, 0.3) is 0 Å². The van der Waals surface area contributed by atoms with Crippen LogP contribution < -0.4 is 0 Å². The molecule has 0 spiro atoms. The minimum atomic E-state index is -0.730. The molecule has 10 aromatic rings. The van der Waals surface area contributed by atoms with Crippen LogP contribution >= 0.6 is 0 Å². The molecule has 0 N–H and O–H groups in total. The standard InChI is InChI=1S/C48H30O/c1-2-12-31(13-3-1)35-28-29-44-43(30-35)48-42(22-11-23-45(48)49-44)47-40-19-8-6-17-38(40)46(39-18-7-9-20-41(39)47)34-26-24-33(25-27-34)37-21-10-15-32-14-4-5-16-36(32)37/h1-30H/i4D,5D,10D,11D,14D,15D,16D,21D,22D,23D,24D,25D,26D,27D,28D,29D,30D. The molecule has 0 bridgehead atoms. The van der Waals surface area contributed by atoms with Crippen LogP contribution in [0, 0.1) is 0 Å². The minimum Gasteiger partial charge on any atom is -0.456 e. The van der Waals surface area contributed by atoms with Crippen molar-refractivity contribution in [1.82, 2.24) is 0 Å². The van der Waals surface area contributed by atoms with Crippen LogP contribution in [-0.2, 0) is 0 Å². The van der Waals surface area contributed by atoms with Gasteiger partial charge in [-0.05, 0) is 95.0 Å². The number of rotatable bonds is 4. The van der Waals surface area contributed by atoms with E-state index in [1.165, 1.54) is 0 Å². The summed E-state index contributed by atoms with van der Waals surface area (Å²) in [6.45, 7) is 0. The Hall–Kier alpha value is -6.44. The molecule has 49 heavy (non-hydrogen) atoms. The second kappa shape index (κ2) is 11.1. The molecular formula is C48H30O. The summed E-state index contributed by atoms with van der Waals surface area (Å²) in [4.78, 5) is 0. The molecule has 0 saturated carbocycles. The maximum Gasteiger partial charge on any atom is 0.136 e. The quantitative estimate of drug-likeness (QED) is 0.175. The first-order valence-corrected chi connectivity index (χ1v) is 15.5. The highest BCUT2D eigenvalue weighted by atomic mass is 16.3. The Morgan fingerprint density at radius 2 is 0.959 bits per heavy atom. The van der Waals surface area contributed by atoms with Gasteiger partial charge in [0.15, 0.2) is 0 Å². The zero-order valence-corrected chi connectivity index (χ0v) is 25.4. The second-order valence-electron chi connectivity index (χ2n) is 11.5. The van der Waals surface area contributed by atoms with Crippen LogP contribution in [0.1, 0.15) is 23.3 Å². The van der Waals surface area contributed by atoms with Gasteiger partial charge in [0.05, 0.1) is 23.3 Å². The van der Waals surface area contributed by atoms with E-state index in [1.807, 2.05) is 0 Å². The Bertz CT molecular complexity index is 3750. The Morgan fingerprint density at radius 3 is 1.71 bits per heavy atom. The molecule has 1 heterocycles. The Kier molecular flexibility index (Phi) is 3.54. The van der Waals surface area contributed by atoms with Gasteiger partial charge in [0.2, 0.25) is 0 Å². The van der Waals surface area contributed by atoms with Crippen LogP contribution in [-0.4, -0.2) is 0 Å². The highest BCUT2D eigenvalue weighted by molar-refractivity contribution is 6.25. The normalized spacial score (nSPS) is 16.5. The van der Waals surface area contributed by atoms with Crippen molar-refractivity contribution >= 4 is 54.3 Å². The zero-order valence-electron chi connectivity index (χ0n) is 42.4. The third-order valence-electron chi connectivity index (χ3n) is 8.75. The van der Waals surface area contributed by atoms with E-state index < -0.39 is 101 Å². The van der Waals surface area contributed by atoms with Crippen LogP contribution in [0.3, 0.4) is 0 Å². The van der Waals surface area contributed by atoms with Crippen molar-refractivity contribution in [3.63, 3.8) is 0 Å². The van der Waals surface area contributed by atoms with Crippen molar-refractivity contribution in [2.45, 2.75) is 0 Å². The maximum atomic E-state index is 9.56. The Labute approximate surface area is 308 Å². The molecule has 0 fully saturated rings. The van der Waals surface area contributed by atoms with Gasteiger partial charge in [-0.2, -0.15) is 0 Å². The molecular weight excluding hydrogens is 593 g/mol. The summed E-state index contributed by atoms with van der Waals surface area (Å²) in [6, 6.07) is 12.8. The van der Waals surface area contributed by atoms with Gasteiger partial charge >= 0.3 is 0 Å². The molecule has 0 aliphatic heterocycles. The van der Waals surface area contributed by atoms with Gasteiger partial charge in [-0.15, -0.1) is 0 Å². The Balaban J connectivity index is 1.34. The van der Waals surface area contributed by atoms with Crippen molar-refractivity contribution in [3.05, 3.63) is 182 Å². The van der Waals surface area contributed by atoms with Crippen LogP contribution in [0.25, 0.3) is 98.8 Å². The summed E-state index contributed by atoms with van der Waals surface area (Å²) < 4.78 is 159. The summed E-state index contributed by atoms with van der Waals surface area (Å²) in [5, 5.41) is 0.946. The summed E-state index contributed by atoms with van der Waals surface area (Å²) >= 11 is 0. The van der Waals surface area contributed by atoms with Gasteiger partial charge in [0.1, 0.15) is 11.2 Å². The number of hydrogen-bond donors (Lipinski definition) is 0. The highest BCUT2D eigenvalue weighted by Crippen LogP contribution is 2.47. The third-order valence-corrected chi connectivity index (χ3v) is 8.75. The monoisotopic (exact) mass is 639 g/mol. The number of fused-ring (bicyclic) bond motifs is 6. The molecule has 0 aliphatic rings. The van der Waals surface area contributed by atoms with Crippen LogP contribution in [0.4, 0.5) is 0 Å². The first-order valence-electron chi connectivity index (χ1n) is 24.0. The van der Waals surface area contributed by atoms with E-state index >= 15 is 0 Å². The predicted octanol–water partition coefficient (Wildman–Crippen LogP) is 13.7. The van der Waals surface area contributed by atoms with Crippen molar-refractivity contribution in [2.75, 3.05) is 0 Å². The van der Waals surface area contributed by atoms with Crippen molar-refractivity contribution < 1.29 is 27.7 Å². The molecule has 0 atom stereocenters. The molecule has 10 rings (SSSR count). The maximum absolute atomic E-state index is 9.56. The van der Waals surface area contributed by atoms with E-state index in [9.17, 15) is 8.22 Å². The summed E-state index contributed by atoms with van der Waals surface area (Å²) in [5.74, 6) is 0. The number of hydrogen-bond acceptors (Lipinski definition) is 1. The second-order valence-corrected chi connectivity index (χ2v) is 11.5. The van der Waals surface area contributed by atoms with E-state index in [4.69, 9.17) is 19.5 Å². The smallest absolute Gasteiger partial charge is 0.136 e. The lowest BCUT2D eigenvalue weighted by molar-refractivity contribution is 0.669. The zero-order chi connectivity index (χ0) is 47.1. The minimum absolute atomic E-state index is 0.0645. The van der Waals surface area contributed by atoms with Gasteiger partial charge in [-0.25, -0.2) is 0 Å². The first kappa shape index (κ1) is 15.6. The number of furan rings is 1. The molecule has 0 amide bonds. The van der Waals surface area contributed by atoms with Crippen LogP contribution in [0.15, 0.2) is 186 Å². The third kappa shape index (κ3) is 4.40. The molecule has 0 saturated heterocycles. The van der Waals surface area contributed by atoms with Crippen LogP contribution in [0.5, 0.6) is 0 Å². The van der Waals surface area contributed by atoms with E-state index in [0.717, 1.165) is 0 Å². The predicted molar refractivity (Wildman–Crippen MR) is 208 cm³/mol. The summed E-state index contributed by atoms with van der Waals surface area (Å²) in [5.41, 5.74) is -0.160. The molecule has 228 valence electrons. The fraction of sp³-hybridized carbons (Fsp3) is 0. The molecule has 0 aliphatic carbocycles. The molecule has 1 nitrogen and oxygen atoms in total. The lowest BCUT2D eigenvalue weighted by atomic mass is 9.84. The van der Waals surface area contributed by atoms with Gasteiger partial charge < -0.3 is 4.42 Å². The topological polar surface area (TPSA) is 13.1 Å². The fourth-order valence-corrected chi connectivity index (χ4v) is 6.62. The van der Waals surface area contributed by atoms with Gasteiger partial charge in [0, 0.05) is 10.8 Å². The first-order chi connectivity index (χ1) is 31.4. The average molecular weight is 640 g/mol. The lowest BCUT2D eigenvalue weighted by Gasteiger charge is -2.18. The fourth-order valence-electron chi connectivity index (χ4n) is 6.62. The molecule has 0 radical (unpaired) electrons. The van der Waals surface area contributed by atoms with E-state index in [1.54, 1.807) is 78.9 Å². The molecule has 1 heteroatoms. The molecule has 9 aromatic carbocycles. The lowest BCUT2D eigenvalue weighted by Crippen LogP contribution is -1.91. The largest absolute Gasteiger partial charge is 0.456 e.